The van der Waals surface area contributed by atoms with Crippen molar-refractivity contribution >= 4 is 5.91 Å². The van der Waals surface area contributed by atoms with E-state index in [4.69, 9.17) is 4.42 Å². The topological polar surface area (TPSA) is 36.7 Å². The molecule has 1 saturated heterocycles. The molecule has 6 heteroatoms. The molecular weight excluding hydrogens is 554 g/mol. The van der Waals surface area contributed by atoms with Gasteiger partial charge in [-0.05, 0) is 100 Å². The van der Waals surface area contributed by atoms with Crippen molar-refractivity contribution in [2.45, 2.75) is 70.8 Å². The first kappa shape index (κ1) is 30.3. The van der Waals surface area contributed by atoms with E-state index in [-0.39, 0.29) is 34.4 Å². The molecule has 6 rings (SSSR count). The summed E-state index contributed by atoms with van der Waals surface area (Å²) in [7, 11) is 0. The minimum absolute atomic E-state index is 0.110. The minimum atomic E-state index is -0.297. The normalized spacial score (nSPS) is 18.0. The second-order valence-electron chi connectivity index (χ2n) is 13.9. The number of furan rings is 1. The fourth-order valence-electron chi connectivity index (χ4n) is 6.98. The Bertz CT molecular complexity index is 1600. The van der Waals surface area contributed by atoms with Crippen LogP contribution < -0.4 is 0 Å². The van der Waals surface area contributed by atoms with Gasteiger partial charge in [-0.15, -0.1) is 0 Å². The Kier molecular flexibility index (Phi) is 8.00. The first-order valence-electron chi connectivity index (χ1n) is 15.7. The van der Waals surface area contributed by atoms with Gasteiger partial charge in [0.1, 0.15) is 17.4 Å². The average Bonchev–Trinajstić information content (AvgIpc) is 3.47. The molecule has 0 unspecified atom stereocenters. The SMILES string of the molecule is Cc1cc2c(cc1Cc1ccc(C(=O)N3CCN(C(c4ccc(F)cc4)c4ccc(F)cc4)CC3)o1)C(C)(C)CCC2(C)C. The van der Waals surface area contributed by atoms with Crippen LogP contribution in [0.4, 0.5) is 8.78 Å². The van der Waals surface area contributed by atoms with E-state index in [0.29, 0.717) is 38.4 Å². The summed E-state index contributed by atoms with van der Waals surface area (Å²) in [6.45, 7) is 13.8. The maximum atomic E-state index is 13.7. The molecule has 230 valence electrons. The van der Waals surface area contributed by atoms with Crippen molar-refractivity contribution in [3.63, 3.8) is 0 Å². The average molecular weight is 597 g/mol. The van der Waals surface area contributed by atoms with Gasteiger partial charge in [-0.3, -0.25) is 9.69 Å². The van der Waals surface area contributed by atoms with Gasteiger partial charge >= 0.3 is 0 Å². The Morgan fingerprint density at radius 2 is 1.30 bits per heavy atom. The Morgan fingerprint density at radius 3 is 1.84 bits per heavy atom. The van der Waals surface area contributed by atoms with Crippen molar-refractivity contribution in [2.75, 3.05) is 26.2 Å². The van der Waals surface area contributed by atoms with Crippen LogP contribution in [0.5, 0.6) is 0 Å². The Hall–Kier alpha value is -3.77. The summed E-state index contributed by atoms with van der Waals surface area (Å²) < 4.78 is 33.6. The predicted molar refractivity (Wildman–Crippen MR) is 170 cm³/mol. The fraction of sp³-hybridized carbons (Fsp3) is 0.395. The van der Waals surface area contributed by atoms with Crippen molar-refractivity contribution in [2.24, 2.45) is 0 Å². The van der Waals surface area contributed by atoms with Gasteiger partial charge in [-0.2, -0.15) is 0 Å². The number of carbonyl (C=O) groups excluding carboxylic acids is 1. The summed E-state index contributed by atoms with van der Waals surface area (Å²) in [6.07, 6.45) is 2.99. The van der Waals surface area contributed by atoms with Crippen LogP contribution in [0.15, 0.2) is 77.2 Å². The number of aryl methyl sites for hydroxylation is 1. The Labute approximate surface area is 259 Å². The van der Waals surface area contributed by atoms with Crippen LogP contribution in [0.2, 0.25) is 0 Å². The fourth-order valence-corrected chi connectivity index (χ4v) is 6.98. The number of hydrogen-bond acceptors (Lipinski definition) is 3. The molecule has 44 heavy (non-hydrogen) atoms. The second kappa shape index (κ2) is 11.6. The standard InChI is InChI=1S/C38H42F2N2O2/c1-25-22-32-33(38(4,5)17-16-37(32,2)3)24-28(25)23-31-14-15-34(44-31)36(43)42-20-18-41(19-21-42)35(26-6-10-29(39)11-7-26)27-8-12-30(40)13-9-27/h6-15,22,24,35H,16-21,23H2,1-5H3. The van der Waals surface area contributed by atoms with Crippen LogP contribution in [0.25, 0.3) is 0 Å². The monoisotopic (exact) mass is 596 g/mol. The first-order chi connectivity index (χ1) is 20.9. The predicted octanol–water partition coefficient (Wildman–Crippen LogP) is 8.35. The van der Waals surface area contributed by atoms with Crippen LogP contribution in [0.3, 0.4) is 0 Å². The lowest BCUT2D eigenvalue weighted by atomic mass is 9.62. The molecule has 1 amide bonds. The molecule has 0 N–H and O–H groups in total. The molecule has 1 fully saturated rings. The Balaban J connectivity index is 1.15. The summed E-state index contributed by atoms with van der Waals surface area (Å²) in [5.41, 5.74) is 7.53. The highest BCUT2D eigenvalue weighted by Gasteiger charge is 2.37. The Morgan fingerprint density at radius 1 is 0.773 bits per heavy atom. The van der Waals surface area contributed by atoms with Gasteiger partial charge in [0.25, 0.3) is 5.91 Å². The molecule has 2 heterocycles. The molecule has 2 aliphatic rings. The molecule has 4 nitrogen and oxygen atoms in total. The minimum Gasteiger partial charge on any atom is -0.456 e. The third-order valence-electron chi connectivity index (χ3n) is 9.88. The third-order valence-corrected chi connectivity index (χ3v) is 9.88. The lowest BCUT2D eigenvalue weighted by molar-refractivity contribution is 0.0566. The zero-order valence-corrected chi connectivity index (χ0v) is 26.4. The number of piperazine rings is 1. The number of amides is 1. The van der Waals surface area contributed by atoms with E-state index >= 15 is 0 Å². The van der Waals surface area contributed by atoms with E-state index in [1.165, 1.54) is 52.9 Å². The molecule has 0 radical (unpaired) electrons. The lowest BCUT2D eigenvalue weighted by Gasteiger charge is -2.42. The molecule has 1 aliphatic carbocycles. The van der Waals surface area contributed by atoms with E-state index in [9.17, 15) is 13.6 Å². The number of nitrogens with zero attached hydrogens (tertiary/aromatic N) is 2. The molecule has 0 spiro atoms. The number of fused-ring (bicyclic) bond motifs is 1. The van der Waals surface area contributed by atoms with Crippen molar-refractivity contribution in [1.29, 1.82) is 0 Å². The number of hydrogen-bond donors (Lipinski definition) is 0. The van der Waals surface area contributed by atoms with Gasteiger partial charge in [0.15, 0.2) is 5.76 Å². The van der Waals surface area contributed by atoms with E-state index in [2.05, 4.69) is 51.7 Å². The van der Waals surface area contributed by atoms with Crippen LogP contribution in [-0.2, 0) is 17.3 Å². The van der Waals surface area contributed by atoms with E-state index in [1.807, 2.05) is 11.0 Å². The third kappa shape index (κ3) is 5.97. The van der Waals surface area contributed by atoms with Crippen molar-refractivity contribution in [3.8, 4) is 0 Å². The maximum absolute atomic E-state index is 13.7. The number of rotatable bonds is 6. The lowest BCUT2D eigenvalue weighted by Crippen LogP contribution is -2.49. The van der Waals surface area contributed by atoms with Crippen LogP contribution in [0.1, 0.15) is 96.3 Å². The number of halogens is 2. The van der Waals surface area contributed by atoms with Crippen LogP contribution in [-0.4, -0.2) is 41.9 Å². The van der Waals surface area contributed by atoms with Gasteiger partial charge in [0, 0.05) is 32.6 Å². The van der Waals surface area contributed by atoms with Crippen molar-refractivity contribution < 1.29 is 18.0 Å². The van der Waals surface area contributed by atoms with Gasteiger partial charge in [0.2, 0.25) is 0 Å². The summed E-state index contributed by atoms with van der Waals surface area (Å²) in [5.74, 6) is 0.444. The summed E-state index contributed by atoms with van der Waals surface area (Å²) in [5, 5.41) is 0. The highest BCUT2D eigenvalue weighted by molar-refractivity contribution is 5.91. The zero-order valence-electron chi connectivity index (χ0n) is 26.4. The summed E-state index contributed by atoms with van der Waals surface area (Å²) >= 11 is 0. The number of benzene rings is 3. The summed E-state index contributed by atoms with van der Waals surface area (Å²) in [6, 6.07) is 21.2. The highest BCUT2D eigenvalue weighted by atomic mass is 19.1. The molecule has 4 aromatic rings. The first-order valence-corrected chi connectivity index (χ1v) is 15.7. The summed E-state index contributed by atoms with van der Waals surface area (Å²) in [4.78, 5) is 17.6. The maximum Gasteiger partial charge on any atom is 0.289 e. The van der Waals surface area contributed by atoms with Gasteiger partial charge in [-0.25, -0.2) is 8.78 Å². The van der Waals surface area contributed by atoms with Crippen molar-refractivity contribution in [3.05, 3.63) is 129 Å². The molecule has 1 aliphatic heterocycles. The van der Waals surface area contributed by atoms with Gasteiger partial charge in [-0.1, -0.05) is 64.1 Å². The largest absolute Gasteiger partial charge is 0.456 e. The smallest absolute Gasteiger partial charge is 0.289 e. The molecule has 0 saturated carbocycles. The highest BCUT2D eigenvalue weighted by Crippen LogP contribution is 2.46. The van der Waals surface area contributed by atoms with Gasteiger partial charge in [0.05, 0.1) is 6.04 Å². The van der Waals surface area contributed by atoms with E-state index < -0.39 is 0 Å². The van der Waals surface area contributed by atoms with E-state index in [1.54, 1.807) is 30.3 Å². The molecule has 0 bridgehead atoms. The quantitative estimate of drug-likeness (QED) is 0.225. The van der Waals surface area contributed by atoms with E-state index in [0.717, 1.165) is 23.3 Å². The molecular formula is C38H42F2N2O2. The molecule has 1 aromatic heterocycles. The molecule has 0 atom stereocenters. The van der Waals surface area contributed by atoms with Crippen LogP contribution in [0, 0.1) is 18.6 Å². The second-order valence-corrected chi connectivity index (χ2v) is 13.9. The number of carbonyl (C=O) groups is 1. The molecule has 3 aromatic carbocycles. The van der Waals surface area contributed by atoms with Crippen LogP contribution >= 0.6 is 0 Å². The van der Waals surface area contributed by atoms with Gasteiger partial charge < -0.3 is 9.32 Å². The zero-order chi connectivity index (χ0) is 31.2. The van der Waals surface area contributed by atoms with Crippen molar-refractivity contribution in [1.82, 2.24) is 9.80 Å².